The van der Waals surface area contributed by atoms with Gasteiger partial charge in [0.15, 0.2) is 20.5 Å². The summed E-state index contributed by atoms with van der Waals surface area (Å²) >= 11 is 6.24. The number of hydrogen-bond acceptors (Lipinski definition) is 19. The highest BCUT2D eigenvalue weighted by molar-refractivity contribution is 7.15. The van der Waals surface area contributed by atoms with Crippen molar-refractivity contribution >= 4 is 89.1 Å². The Bertz CT molecular complexity index is 3670. The van der Waals surface area contributed by atoms with Gasteiger partial charge in [-0.15, -0.1) is 45.3 Å². The highest BCUT2D eigenvalue weighted by Crippen LogP contribution is 2.30. The first kappa shape index (κ1) is 51.9. The molecule has 0 saturated carbocycles. The quantitative estimate of drug-likeness (QED) is 0.0903. The molecular weight excluding hydrogens is 1020 g/mol. The maximum Gasteiger partial charge on any atom is 0.188 e. The van der Waals surface area contributed by atoms with Crippen molar-refractivity contribution in [2.24, 2.45) is 0 Å². The van der Waals surface area contributed by atoms with E-state index in [4.69, 9.17) is 0 Å². The third-order valence-electron chi connectivity index (χ3n) is 10.7. The van der Waals surface area contributed by atoms with Gasteiger partial charge in [-0.3, -0.25) is 15.0 Å². The molecule has 11 aromatic heterocycles. The van der Waals surface area contributed by atoms with E-state index in [1.54, 1.807) is 83.6 Å². The van der Waals surface area contributed by atoms with E-state index in [1.165, 1.54) is 22.5 Å². The zero-order valence-electron chi connectivity index (χ0n) is 41.6. The number of aromatic nitrogens is 11. The van der Waals surface area contributed by atoms with Crippen LogP contribution in [-0.4, -0.2) is 54.8 Å². The summed E-state index contributed by atoms with van der Waals surface area (Å²) in [6.45, 7) is 8.17. The van der Waals surface area contributed by atoms with Crippen LogP contribution in [0.15, 0.2) is 198 Å². The summed E-state index contributed by atoms with van der Waals surface area (Å²) in [4.78, 5) is 47.8. The minimum absolute atomic E-state index is 0.791. The van der Waals surface area contributed by atoms with E-state index in [2.05, 4.69) is 113 Å². The Morgan fingerprint density at radius 2 is 0.763 bits per heavy atom. The van der Waals surface area contributed by atoms with Crippen molar-refractivity contribution in [3.05, 3.63) is 221 Å². The number of pyridine rings is 7. The molecule has 0 radical (unpaired) electrons. The Labute approximate surface area is 456 Å². The van der Waals surface area contributed by atoms with Crippen molar-refractivity contribution in [3.63, 3.8) is 0 Å². The minimum atomic E-state index is 0.791. The van der Waals surface area contributed by atoms with Crippen LogP contribution in [0.5, 0.6) is 0 Å². The molecule has 0 aliphatic rings. The number of rotatable bonds is 12. The molecule has 0 bridgehead atoms. The molecule has 12 aromatic rings. The molecule has 0 atom stereocenters. The monoisotopic (exact) mass is 1070 g/mol. The maximum atomic E-state index is 4.61. The van der Waals surface area contributed by atoms with Gasteiger partial charge >= 0.3 is 0 Å². The molecule has 76 heavy (non-hydrogen) atoms. The molecule has 11 heterocycles. The van der Waals surface area contributed by atoms with Gasteiger partial charge in [0, 0.05) is 82.2 Å². The van der Waals surface area contributed by atoms with E-state index in [0.717, 1.165) is 100 Å². The molecule has 0 fully saturated rings. The smallest absolute Gasteiger partial charge is 0.188 e. The predicted molar refractivity (Wildman–Crippen MR) is 313 cm³/mol. The predicted octanol–water partition coefficient (Wildman–Crippen LogP) is 15.2. The van der Waals surface area contributed by atoms with Gasteiger partial charge in [-0.05, 0) is 117 Å². The second-order valence-electron chi connectivity index (χ2n) is 16.5. The van der Waals surface area contributed by atoms with Crippen molar-refractivity contribution in [2.45, 2.75) is 27.7 Å². The Morgan fingerprint density at radius 1 is 0.316 bits per heavy atom. The fourth-order valence-electron chi connectivity index (χ4n) is 6.80. The van der Waals surface area contributed by atoms with E-state index in [9.17, 15) is 0 Å². The van der Waals surface area contributed by atoms with Crippen LogP contribution in [-0.2, 0) is 0 Å². The van der Waals surface area contributed by atoms with E-state index >= 15 is 0 Å². The molecule has 0 amide bonds. The average molecular weight is 1070 g/mol. The van der Waals surface area contributed by atoms with Crippen LogP contribution < -0.4 is 21.3 Å². The van der Waals surface area contributed by atoms with Crippen LogP contribution in [0.1, 0.15) is 22.3 Å². The lowest BCUT2D eigenvalue weighted by molar-refractivity contribution is 1.24. The van der Waals surface area contributed by atoms with Gasteiger partial charge in [-0.25, -0.2) is 39.9 Å². The average Bonchev–Trinajstić information content (AvgIpc) is 4.32. The molecule has 1 aromatic carbocycles. The number of nitrogens with one attached hydrogen (secondary N) is 4. The van der Waals surface area contributed by atoms with Crippen LogP contribution in [0.4, 0.5) is 43.8 Å². The lowest BCUT2D eigenvalue weighted by Gasteiger charge is -2.04. The van der Waals surface area contributed by atoms with Crippen LogP contribution in [0, 0.1) is 27.7 Å². The fraction of sp³-hybridized carbons (Fsp3) is 0.0702. The van der Waals surface area contributed by atoms with Crippen LogP contribution >= 0.6 is 45.3 Å². The summed E-state index contributed by atoms with van der Waals surface area (Å²) in [7, 11) is 0. The number of hydrogen-bond donors (Lipinski definition) is 4. The SMILES string of the molecule is Cc1ccc(-c2csc(Nc3ncccc3C)n2)cc1.Cc1cccnc1Nc1nc(-c2ccncc2)cs1.Cc1ccnc(Nc2nc(-c3ccccn3)cs2)c1.c1ccc(Nc2nc(-c3ccccn3)cs2)nc1. The number of thiazole rings is 4. The summed E-state index contributed by atoms with van der Waals surface area (Å²) < 4.78 is 0. The van der Waals surface area contributed by atoms with Gasteiger partial charge in [0.25, 0.3) is 0 Å². The maximum absolute atomic E-state index is 4.61. The van der Waals surface area contributed by atoms with Gasteiger partial charge < -0.3 is 21.3 Å². The lowest BCUT2D eigenvalue weighted by atomic mass is 10.1. The van der Waals surface area contributed by atoms with Crippen molar-refractivity contribution in [2.75, 3.05) is 21.3 Å². The first-order valence-corrected chi connectivity index (χ1v) is 27.2. The molecule has 0 spiro atoms. The first-order valence-electron chi connectivity index (χ1n) is 23.7. The van der Waals surface area contributed by atoms with E-state index in [1.807, 2.05) is 140 Å². The molecule has 15 nitrogen and oxygen atoms in total. The zero-order chi connectivity index (χ0) is 52.3. The summed E-state index contributed by atoms with van der Waals surface area (Å²) in [5.74, 6) is 3.30. The van der Waals surface area contributed by atoms with Crippen molar-refractivity contribution in [1.82, 2.24) is 54.8 Å². The molecule has 4 N–H and O–H groups in total. The first-order chi connectivity index (χ1) is 37.3. The van der Waals surface area contributed by atoms with E-state index in [0.29, 0.717) is 0 Å². The molecule has 0 aliphatic heterocycles. The third-order valence-corrected chi connectivity index (χ3v) is 13.7. The summed E-state index contributed by atoms with van der Waals surface area (Å²) in [6.07, 6.45) is 14.1. The van der Waals surface area contributed by atoms with Crippen molar-refractivity contribution in [1.29, 1.82) is 0 Å². The number of nitrogens with zero attached hydrogens (tertiary/aromatic N) is 11. The molecule has 0 saturated heterocycles. The fourth-order valence-corrected chi connectivity index (χ4v) is 9.66. The number of aryl methyl sites for hydroxylation is 4. The number of benzene rings is 1. The summed E-state index contributed by atoms with van der Waals surface area (Å²) in [5, 5.41) is 24.3. The Kier molecular flexibility index (Phi) is 17.9. The largest absolute Gasteiger partial charge is 0.316 e. The van der Waals surface area contributed by atoms with Gasteiger partial charge in [0.1, 0.15) is 34.7 Å². The van der Waals surface area contributed by atoms with Crippen LogP contribution in [0.3, 0.4) is 0 Å². The standard InChI is InChI=1S/C16H15N3S.2C14H12N4S.C13H10N4S/c1-11-5-7-13(8-6-11)14-10-20-16(18-14)19-15-12(2)4-3-9-17-15;1-10-3-2-6-16-13(10)18-14-17-12(9-19-14)11-4-7-15-8-5-11;1-10-5-7-16-13(8-10)18-14-17-12(9-19-14)11-4-2-3-6-15-11;1-3-7-14-10(5-1)11-9-18-13(16-11)17-12-6-2-4-8-15-12/h3-10H,1-2H3,(H,17,18,19);2*2-9H,1H3,(H,16,17,18);1-9H,(H,15,16,17). The molecule has 12 rings (SSSR count). The van der Waals surface area contributed by atoms with E-state index in [-0.39, 0.29) is 0 Å². The zero-order valence-corrected chi connectivity index (χ0v) is 44.9. The highest BCUT2D eigenvalue weighted by Gasteiger charge is 2.10. The third kappa shape index (κ3) is 15.0. The highest BCUT2D eigenvalue weighted by atomic mass is 32.1. The molecule has 0 unspecified atom stereocenters. The van der Waals surface area contributed by atoms with Gasteiger partial charge in [0.2, 0.25) is 0 Å². The second-order valence-corrected chi connectivity index (χ2v) is 19.9. The minimum Gasteiger partial charge on any atom is -0.316 e. The Hall–Kier alpha value is -9.01. The Morgan fingerprint density at radius 3 is 1.25 bits per heavy atom. The molecule has 19 heteroatoms. The van der Waals surface area contributed by atoms with Crippen LogP contribution in [0.2, 0.25) is 0 Å². The van der Waals surface area contributed by atoms with Gasteiger partial charge in [-0.2, -0.15) is 0 Å². The van der Waals surface area contributed by atoms with Crippen LogP contribution in [0.25, 0.3) is 45.3 Å². The summed E-state index contributed by atoms with van der Waals surface area (Å²) in [6, 6.07) is 41.5. The van der Waals surface area contributed by atoms with Gasteiger partial charge in [-0.1, -0.05) is 60.2 Å². The molecular formula is C57H49N15S4. The molecule has 376 valence electrons. The summed E-state index contributed by atoms with van der Waals surface area (Å²) in [5.41, 5.74) is 12.3. The normalized spacial score (nSPS) is 10.4. The Balaban J connectivity index is 0.000000124. The van der Waals surface area contributed by atoms with Gasteiger partial charge in [0.05, 0.1) is 22.8 Å². The topological polar surface area (TPSA) is 190 Å². The molecule has 0 aliphatic carbocycles. The second kappa shape index (κ2) is 26.3. The van der Waals surface area contributed by atoms with Crippen molar-refractivity contribution in [3.8, 4) is 45.3 Å². The van der Waals surface area contributed by atoms with Crippen molar-refractivity contribution < 1.29 is 0 Å². The van der Waals surface area contributed by atoms with E-state index < -0.39 is 0 Å². The lowest BCUT2D eigenvalue weighted by Crippen LogP contribution is -1.95. The number of anilines is 8.